The van der Waals surface area contributed by atoms with Crippen molar-refractivity contribution >= 4 is 11.8 Å². The van der Waals surface area contributed by atoms with E-state index in [1.807, 2.05) is 13.8 Å². The van der Waals surface area contributed by atoms with Crippen LogP contribution in [0.3, 0.4) is 0 Å². The molecule has 1 saturated heterocycles. The van der Waals surface area contributed by atoms with E-state index in [1.165, 1.54) is 4.90 Å². The van der Waals surface area contributed by atoms with Gasteiger partial charge in [-0.25, -0.2) is 4.98 Å². The molecule has 0 aliphatic carbocycles. The van der Waals surface area contributed by atoms with Crippen molar-refractivity contribution in [2.24, 2.45) is 0 Å². The Morgan fingerprint density at radius 2 is 2.10 bits per heavy atom. The minimum atomic E-state index is -0.390. The third-order valence-corrected chi connectivity index (χ3v) is 3.48. The van der Waals surface area contributed by atoms with Crippen molar-refractivity contribution in [1.82, 2.24) is 25.0 Å². The molecule has 7 heteroatoms. The van der Waals surface area contributed by atoms with Crippen molar-refractivity contribution < 1.29 is 9.59 Å². The molecular formula is C13H21N5O2. The van der Waals surface area contributed by atoms with Gasteiger partial charge in [0.25, 0.3) is 5.91 Å². The Bertz CT molecular complexity index is 509. The molecule has 2 amide bonds. The summed E-state index contributed by atoms with van der Waals surface area (Å²) in [6, 6.07) is -0.390. The fourth-order valence-electron chi connectivity index (χ4n) is 2.32. The Kier molecular flexibility index (Phi) is 4.06. The van der Waals surface area contributed by atoms with Crippen LogP contribution in [0.2, 0.25) is 0 Å². The van der Waals surface area contributed by atoms with Crippen LogP contribution in [-0.4, -0.2) is 63.5 Å². The number of rotatable bonds is 3. The second-order valence-electron chi connectivity index (χ2n) is 5.59. The lowest BCUT2D eigenvalue weighted by Gasteiger charge is -2.25. The quantitative estimate of drug-likeness (QED) is 0.879. The van der Waals surface area contributed by atoms with Crippen LogP contribution in [0.5, 0.6) is 0 Å². The number of carbonyl (C=O) groups is 2. The molecule has 0 bridgehead atoms. The molecule has 2 heterocycles. The highest BCUT2D eigenvalue weighted by atomic mass is 16.2. The lowest BCUT2D eigenvalue weighted by molar-refractivity contribution is -0.132. The van der Waals surface area contributed by atoms with Gasteiger partial charge in [-0.15, -0.1) is 5.10 Å². The van der Waals surface area contributed by atoms with E-state index >= 15 is 0 Å². The SMILES string of the molecule is CC(C)c1nc(C(=O)N2CCCC2C(=O)N(C)C)n[nH]1. The number of nitrogens with zero attached hydrogens (tertiary/aromatic N) is 4. The number of likely N-dealkylation sites (tertiary alicyclic amines) is 1. The van der Waals surface area contributed by atoms with Crippen LogP contribution in [0.15, 0.2) is 0 Å². The van der Waals surface area contributed by atoms with Gasteiger partial charge in [-0.05, 0) is 12.8 Å². The molecule has 1 fully saturated rings. The van der Waals surface area contributed by atoms with Crippen molar-refractivity contribution in [3.8, 4) is 0 Å². The summed E-state index contributed by atoms with van der Waals surface area (Å²) in [5.41, 5.74) is 0. The first-order valence-electron chi connectivity index (χ1n) is 6.86. The zero-order chi connectivity index (χ0) is 14.9. The summed E-state index contributed by atoms with van der Waals surface area (Å²) in [6.45, 7) is 4.53. The Hall–Kier alpha value is -1.92. The lowest BCUT2D eigenvalue weighted by Crippen LogP contribution is -2.45. The zero-order valence-electron chi connectivity index (χ0n) is 12.4. The standard InChI is InChI=1S/C13H21N5O2/c1-8(2)10-14-11(16-15-10)13(20)18-7-5-6-9(18)12(19)17(3)4/h8-9H,5-7H2,1-4H3,(H,14,15,16). The number of nitrogens with one attached hydrogen (secondary N) is 1. The van der Waals surface area contributed by atoms with Gasteiger partial charge >= 0.3 is 0 Å². The number of hydrogen-bond acceptors (Lipinski definition) is 4. The largest absolute Gasteiger partial charge is 0.347 e. The zero-order valence-corrected chi connectivity index (χ0v) is 12.4. The molecule has 0 radical (unpaired) electrons. The summed E-state index contributed by atoms with van der Waals surface area (Å²) in [5.74, 6) is 0.693. The fraction of sp³-hybridized carbons (Fsp3) is 0.692. The summed E-state index contributed by atoms with van der Waals surface area (Å²) in [4.78, 5) is 31.8. The predicted octanol–water partition coefficient (Wildman–Crippen LogP) is 0.621. The minimum Gasteiger partial charge on any atom is -0.347 e. The molecule has 110 valence electrons. The second kappa shape index (κ2) is 5.60. The fourth-order valence-corrected chi connectivity index (χ4v) is 2.32. The third-order valence-electron chi connectivity index (χ3n) is 3.48. The van der Waals surface area contributed by atoms with E-state index in [0.29, 0.717) is 18.8 Å². The lowest BCUT2D eigenvalue weighted by atomic mass is 10.2. The molecule has 0 spiro atoms. The Morgan fingerprint density at radius 3 is 2.65 bits per heavy atom. The monoisotopic (exact) mass is 279 g/mol. The van der Waals surface area contributed by atoms with Crippen molar-refractivity contribution in [3.63, 3.8) is 0 Å². The van der Waals surface area contributed by atoms with Crippen molar-refractivity contribution in [2.45, 2.75) is 38.6 Å². The summed E-state index contributed by atoms with van der Waals surface area (Å²) in [5, 5.41) is 6.74. The minimum absolute atomic E-state index is 0.0459. The van der Waals surface area contributed by atoms with Gasteiger partial charge in [-0.2, -0.15) is 0 Å². The maximum absolute atomic E-state index is 12.4. The van der Waals surface area contributed by atoms with Gasteiger partial charge in [-0.3, -0.25) is 14.7 Å². The highest BCUT2D eigenvalue weighted by molar-refractivity contribution is 5.95. The maximum Gasteiger partial charge on any atom is 0.294 e. The van der Waals surface area contributed by atoms with E-state index in [0.717, 1.165) is 6.42 Å². The molecule has 0 saturated carbocycles. The molecule has 1 aromatic rings. The second-order valence-corrected chi connectivity index (χ2v) is 5.59. The van der Waals surface area contributed by atoms with E-state index in [4.69, 9.17) is 0 Å². The van der Waals surface area contributed by atoms with Gasteiger partial charge in [-0.1, -0.05) is 13.8 Å². The van der Waals surface area contributed by atoms with E-state index in [-0.39, 0.29) is 23.6 Å². The molecule has 1 N–H and O–H groups in total. The smallest absolute Gasteiger partial charge is 0.294 e. The average molecular weight is 279 g/mol. The van der Waals surface area contributed by atoms with Crippen LogP contribution in [-0.2, 0) is 4.79 Å². The molecule has 20 heavy (non-hydrogen) atoms. The number of aromatic amines is 1. The number of likely N-dealkylation sites (N-methyl/N-ethyl adjacent to an activating group) is 1. The Morgan fingerprint density at radius 1 is 1.40 bits per heavy atom. The maximum atomic E-state index is 12.4. The van der Waals surface area contributed by atoms with Gasteiger partial charge < -0.3 is 9.80 Å². The molecule has 0 aromatic carbocycles. The molecule has 1 atom stereocenters. The van der Waals surface area contributed by atoms with Crippen LogP contribution >= 0.6 is 0 Å². The molecule has 1 aliphatic rings. The van der Waals surface area contributed by atoms with Crippen molar-refractivity contribution in [3.05, 3.63) is 11.6 Å². The van der Waals surface area contributed by atoms with Crippen LogP contribution in [0, 0.1) is 0 Å². The molecular weight excluding hydrogens is 258 g/mol. The number of amides is 2. The van der Waals surface area contributed by atoms with Gasteiger partial charge in [0.15, 0.2) is 0 Å². The third kappa shape index (κ3) is 2.66. The molecule has 2 rings (SSSR count). The number of H-pyrrole nitrogens is 1. The topological polar surface area (TPSA) is 82.2 Å². The summed E-state index contributed by atoms with van der Waals surface area (Å²) in [7, 11) is 3.40. The van der Waals surface area contributed by atoms with Crippen LogP contribution < -0.4 is 0 Å². The highest BCUT2D eigenvalue weighted by Gasteiger charge is 2.36. The van der Waals surface area contributed by atoms with E-state index in [1.54, 1.807) is 19.0 Å². The number of carbonyl (C=O) groups excluding carboxylic acids is 2. The molecule has 1 aliphatic heterocycles. The van der Waals surface area contributed by atoms with E-state index < -0.39 is 6.04 Å². The van der Waals surface area contributed by atoms with E-state index in [2.05, 4.69) is 15.2 Å². The van der Waals surface area contributed by atoms with Crippen LogP contribution in [0.4, 0.5) is 0 Å². The first kappa shape index (κ1) is 14.5. The summed E-state index contributed by atoms with van der Waals surface area (Å²) in [6.07, 6.45) is 1.53. The van der Waals surface area contributed by atoms with E-state index in [9.17, 15) is 9.59 Å². The summed E-state index contributed by atoms with van der Waals surface area (Å²) >= 11 is 0. The number of aromatic nitrogens is 3. The van der Waals surface area contributed by atoms with Gasteiger partial charge in [0.05, 0.1) is 0 Å². The van der Waals surface area contributed by atoms with Crippen LogP contribution in [0.1, 0.15) is 49.1 Å². The van der Waals surface area contributed by atoms with Crippen LogP contribution in [0.25, 0.3) is 0 Å². The van der Waals surface area contributed by atoms with Gasteiger partial charge in [0.2, 0.25) is 11.7 Å². The van der Waals surface area contributed by atoms with Crippen molar-refractivity contribution in [2.75, 3.05) is 20.6 Å². The Balaban J connectivity index is 2.16. The Labute approximate surface area is 118 Å². The molecule has 1 unspecified atom stereocenters. The summed E-state index contributed by atoms with van der Waals surface area (Å²) < 4.78 is 0. The highest BCUT2D eigenvalue weighted by Crippen LogP contribution is 2.21. The first-order chi connectivity index (χ1) is 9.41. The van der Waals surface area contributed by atoms with Gasteiger partial charge in [0, 0.05) is 26.6 Å². The molecule has 1 aromatic heterocycles. The van der Waals surface area contributed by atoms with Crippen molar-refractivity contribution in [1.29, 1.82) is 0 Å². The number of hydrogen-bond donors (Lipinski definition) is 1. The van der Waals surface area contributed by atoms with Gasteiger partial charge in [0.1, 0.15) is 11.9 Å². The normalized spacial score (nSPS) is 18.6. The molecule has 7 nitrogen and oxygen atoms in total. The predicted molar refractivity (Wildman–Crippen MR) is 73.2 cm³/mol. The first-order valence-corrected chi connectivity index (χ1v) is 6.86. The average Bonchev–Trinajstić information content (AvgIpc) is 3.05.